The molecule has 1 aromatic carbocycles. The molecule has 0 heterocycles. The normalized spacial score (nSPS) is 12.8. The van der Waals surface area contributed by atoms with Crippen LogP contribution in [0.2, 0.25) is 5.02 Å². The molecular weight excluding hydrogens is 272 g/mol. The quantitative estimate of drug-likeness (QED) is 0.811. The fourth-order valence-electron chi connectivity index (χ4n) is 2.71. The summed E-state index contributed by atoms with van der Waals surface area (Å²) in [6, 6.07) is 1.97. The minimum absolute atomic E-state index is 0.325. The first-order chi connectivity index (χ1) is 9.46. The number of benzene rings is 1. The summed E-state index contributed by atoms with van der Waals surface area (Å²) in [5.41, 5.74) is 14.9. The standard InChI is InChI=1S/C16H27ClN2O/c1-5-20-16-11(3)7-14(17)12(4)15(16)10(2)6-13(8-18)9-19/h7,10,13H,5-6,8-9,18-19H2,1-4H3. The maximum atomic E-state index is 6.33. The van der Waals surface area contributed by atoms with Crippen LogP contribution < -0.4 is 16.2 Å². The number of ether oxygens (including phenoxy) is 1. The molecule has 0 radical (unpaired) electrons. The van der Waals surface area contributed by atoms with Crippen molar-refractivity contribution in [1.82, 2.24) is 0 Å². The molecule has 114 valence electrons. The summed E-state index contributed by atoms with van der Waals surface area (Å²) in [5.74, 6) is 1.62. The maximum Gasteiger partial charge on any atom is 0.126 e. The van der Waals surface area contributed by atoms with Crippen LogP contribution in [-0.4, -0.2) is 19.7 Å². The van der Waals surface area contributed by atoms with E-state index in [9.17, 15) is 0 Å². The second-order valence-corrected chi connectivity index (χ2v) is 5.86. The summed E-state index contributed by atoms with van der Waals surface area (Å²) in [6.07, 6.45) is 0.952. The second kappa shape index (κ2) is 7.87. The molecule has 0 aliphatic rings. The Morgan fingerprint density at radius 3 is 2.35 bits per heavy atom. The lowest BCUT2D eigenvalue weighted by Gasteiger charge is -2.24. The number of hydrogen-bond donors (Lipinski definition) is 2. The zero-order valence-electron chi connectivity index (χ0n) is 13.0. The average molecular weight is 299 g/mol. The molecule has 4 heteroatoms. The Morgan fingerprint density at radius 1 is 1.25 bits per heavy atom. The molecule has 4 N–H and O–H groups in total. The van der Waals surface area contributed by atoms with Gasteiger partial charge in [-0.25, -0.2) is 0 Å². The smallest absolute Gasteiger partial charge is 0.126 e. The van der Waals surface area contributed by atoms with Crippen LogP contribution in [0.3, 0.4) is 0 Å². The maximum absolute atomic E-state index is 6.33. The van der Waals surface area contributed by atoms with Crippen molar-refractivity contribution in [3.8, 4) is 5.75 Å². The topological polar surface area (TPSA) is 61.3 Å². The van der Waals surface area contributed by atoms with Crippen LogP contribution >= 0.6 is 11.6 Å². The minimum Gasteiger partial charge on any atom is -0.493 e. The predicted octanol–water partition coefficient (Wildman–Crippen LogP) is 3.38. The summed E-state index contributed by atoms with van der Waals surface area (Å²) in [4.78, 5) is 0. The molecule has 0 aliphatic heterocycles. The fourth-order valence-corrected chi connectivity index (χ4v) is 2.98. The first-order valence-corrected chi connectivity index (χ1v) is 7.66. The van der Waals surface area contributed by atoms with E-state index in [4.69, 9.17) is 27.8 Å². The third-order valence-corrected chi connectivity index (χ3v) is 4.24. The van der Waals surface area contributed by atoms with E-state index in [0.717, 1.165) is 28.3 Å². The van der Waals surface area contributed by atoms with Crippen molar-refractivity contribution in [2.45, 2.75) is 40.0 Å². The Labute approximate surface area is 127 Å². The summed E-state index contributed by atoms with van der Waals surface area (Å²) >= 11 is 6.33. The van der Waals surface area contributed by atoms with Crippen LogP contribution in [-0.2, 0) is 0 Å². The Balaban J connectivity index is 3.19. The number of rotatable bonds is 7. The first kappa shape index (κ1) is 17.3. The lowest BCUT2D eigenvalue weighted by molar-refractivity contribution is 0.329. The van der Waals surface area contributed by atoms with Crippen molar-refractivity contribution in [3.05, 3.63) is 27.8 Å². The fraction of sp³-hybridized carbons (Fsp3) is 0.625. The van der Waals surface area contributed by atoms with Crippen LogP contribution in [0.1, 0.15) is 42.9 Å². The highest BCUT2D eigenvalue weighted by molar-refractivity contribution is 6.31. The van der Waals surface area contributed by atoms with E-state index >= 15 is 0 Å². The van der Waals surface area contributed by atoms with Gasteiger partial charge in [-0.1, -0.05) is 18.5 Å². The van der Waals surface area contributed by atoms with Gasteiger partial charge in [-0.05, 0) is 69.3 Å². The molecule has 0 bridgehead atoms. The van der Waals surface area contributed by atoms with Gasteiger partial charge in [0, 0.05) is 10.6 Å². The molecule has 1 atom stereocenters. The van der Waals surface area contributed by atoms with E-state index in [2.05, 4.69) is 13.8 Å². The molecule has 1 aromatic rings. The zero-order valence-corrected chi connectivity index (χ0v) is 13.8. The van der Waals surface area contributed by atoms with Crippen LogP contribution in [0.15, 0.2) is 6.07 Å². The van der Waals surface area contributed by atoms with Crippen molar-refractivity contribution in [2.75, 3.05) is 19.7 Å². The van der Waals surface area contributed by atoms with Gasteiger partial charge in [-0.2, -0.15) is 0 Å². The molecule has 0 aromatic heterocycles. The average Bonchev–Trinajstić information content (AvgIpc) is 2.42. The van der Waals surface area contributed by atoms with E-state index in [1.165, 1.54) is 5.56 Å². The number of aryl methyl sites for hydroxylation is 1. The van der Waals surface area contributed by atoms with Gasteiger partial charge in [0.15, 0.2) is 0 Å². The van der Waals surface area contributed by atoms with E-state index < -0.39 is 0 Å². The molecule has 0 saturated carbocycles. The van der Waals surface area contributed by atoms with Crippen molar-refractivity contribution in [3.63, 3.8) is 0 Å². The van der Waals surface area contributed by atoms with Gasteiger partial charge < -0.3 is 16.2 Å². The van der Waals surface area contributed by atoms with E-state index in [1.54, 1.807) is 0 Å². The van der Waals surface area contributed by atoms with Gasteiger partial charge in [-0.15, -0.1) is 0 Å². The van der Waals surface area contributed by atoms with Crippen LogP contribution in [0, 0.1) is 19.8 Å². The zero-order chi connectivity index (χ0) is 15.3. The van der Waals surface area contributed by atoms with E-state index in [1.807, 2.05) is 19.9 Å². The van der Waals surface area contributed by atoms with Crippen molar-refractivity contribution < 1.29 is 4.74 Å². The van der Waals surface area contributed by atoms with Crippen LogP contribution in [0.4, 0.5) is 0 Å². The molecule has 0 spiro atoms. The second-order valence-electron chi connectivity index (χ2n) is 5.45. The van der Waals surface area contributed by atoms with Gasteiger partial charge in [0.1, 0.15) is 5.75 Å². The lowest BCUT2D eigenvalue weighted by Crippen LogP contribution is -2.25. The number of nitrogens with two attached hydrogens (primary N) is 2. The van der Waals surface area contributed by atoms with Gasteiger partial charge in [0.2, 0.25) is 0 Å². The Hall–Kier alpha value is -0.770. The van der Waals surface area contributed by atoms with Crippen molar-refractivity contribution in [1.29, 1.82) is 0 Å². The monoisotopic (exact) mass is 298 g/mol. The SMILES string of the molecule is CCOc1c(C)cc(Cl)c(C)c1C(C)CC(CN)CN. The summed E-state index contributed by atoms with van der Waals surface area (Å²) in [6.45, 7) is 10.2. The van der Waals surface area contributed by atoms with E-state index in [-0.39, 0.29) is 0 Å². The molecule has 1 rings (SSSR count). The molecule has 0 fully saturated rings. The van der Waals surface area contributed by atoms with Crippen molar-refractivity contribution in [2.24, 2.45) is 17.4 Å². The number of hydrogen-bond acceptors (Lipinski definition) is 3. The highest BCUT2D eigenvalue weighted by atomic mass is 35.5. The van der Waals surface area contributed by atoms with Crippen molar-refractivity contribution >= 4 is 11.6 Å². The predicted molar refractivity (Wildman–Crippen MR) is 86.7 cm³/mol. The van der Waals surface area contributed by atoms with Gasteiger partial charge in [0.25, 0.3) is 0 Å². The number of halogens is 1. The summed E-state index contributed by atoms with van der Waals surface area (Å²) < 4.78 is 5.85. The van der Waals surface area contributed by atoms with Crippen LogP contribution in [0.5, 0.6) is 5.75 Å². The largest absolute Gasteiger partial charge is 0.493 e. The molecule has 3 nitrogen and oxygen atoms in total. The highest BCUT2D eigenvalue weighted by Crippen LogP contribution is 2.39. The molecule has 0 aliphatic carbocycles. The van der Waals surface area contributed by atoms with E-state index in [0.29, 0.717) is 31.5 Å². The third kappa shape index (κ3) is 3.87. The highest BCUT2D eigenvalue weighted by Gasteiger charge is 2.21. The molecule has 20 heavy (non-hydrogen) atoms. The molecule has 1 unspecified atom stereocenters. The Morgan fingerprint density at radius 2 is 1.85 bits per heavy atom. The summed E-state index contributed by atoms with van der Waals surface area (Å²) in [5, 5.41) is 0.796. The lowest BCUT2D eigenvalue weighted by atomic mass is 9.86. The molecule has 0 saturated heterocycles. The molecule has 0 amide bonds. The Kier molecular flexibility index (Phi) is 6.80. The molecular formula is C16H27ClN2O. The Bertz CT molecular complexity index is 445. The summed E-state index contributed by atoms with van der Waals surface area (Å²) in [7, 11) is 0. The third-order valence-electron chi connectivity index (χ3n) is 3.84. The first-order valence-electron chi connectivity index (χ1n) is 7.28. The van der Waals surface area contributed by atoms with Gasteiger partial charge in [-0.3, -0.25) is 0 Å². The minimum atomic E-state index is 0.325. The van der Waals surface area contributed by atoms with Gasteiger partial charge >= 0.3 is 0 Å². The van der Waals surface area contributed by atoms with Gasteiger partial charge in [0.05, 0.1) is 6.61 Å². The van der Waals surface area contributed by atoms with Crippen LogP contribution in [0.25, 0.3) is 0 Å².